The fourth-order valence-corrected chi connectivity index (χ4v) is 1.45. The van der Waals surface area contributed by atoms with Crippen LogP contribution in [-0.4, -0.2) is 22.2 Å². The van der Waals surface area contributed by atoms with Gasteiger partial charge in [-0.15, -0.1) is 10.2 Å². The lowest BCUT2D eigenvalue weighted by molar-refractivity contribution is 0.618. The summed E-state index contributed by atoms with van der Waals surface area (Å²) in [7, 11) is 1.75. The average Bonchev–Trinajstić information content (AvgIpc) is 2.32. The number of halogens is 1. The van der Waals surface area contributed by atoms with Crippen LogP contribution in [0.2, 0.25) is 0 Å². The second-order valence-corrected chi connectivity index (χ2v) is 3.37. The van der Waals surface area contributed by atoms with Crippen molar-refractivity contribution in [2.75, 3.05) is 12.4 Å². The summed E-state index contributed by atoms with van der Waals surface area (Å²) in [6.07, 6.45) is 1.37. The fourth-order valence-electron chi connectivity index (χ4n) is 1.45. The van der Waals surface area contributed by atoms with E-state index in [0.29, 0.717) is 17.1 Å². The van der Waals surface area contributed by atoms with Crippen LogP contribution in [0.5, 0.6) is 0 Å². The number of nitrogens with one attached hydrogen (secondary N) is 1. The van der Waals surface area contributed by atoms with Gasteiger partial charge in [-0.25, -0.2) is 9.37 Å². The zero-order valence-corrected chi connectivity index (χ0v) is 9.03. The van der Waals surface area contributed by atoms with E-state index in [-0.39, 0.29) is 5.82 Å². The molecule has 1 N–H and O–H groups in total. The van der Waals surface area contributed by atoms with Gasteiger partial charge >= 0.3 is 0 Å². The molecule has 0 saturated heterocycles. The minimum Gasteiger partial charge on any atom is -0.371 e. The molecule has 0 saturated carbocycles. The molecule has 16 heavy (non-hydrogen) atoms. The van der Waals surface area contributed by atoms with Crippen molar-refractivity contribution in [2.45, 2.75) is 6.92 Å². The molecular formula is C11H11FN4. The predicted molar refractivity (Wildman–Crippen MR) is 59.5 cm³/mol. The van der Waals surface area contributed by atoms with Crippen molar-refractivity contribution in [3.05, 3.63) is 35.9 Å². The summed E-state index contributed by atoms with van der Waals surface area (Å²) in [6, 6.07) is 4.80. The molecule has 82 valence electrons. The van der Waals surface area contributed by atoms with Gasteiger partial charge in [-0.1, -0.05) is 0 Å². The Kier molecular flexibility index (Phi) is 2.76. The van der Waals surface area contributed by atoms with Gasteiger partial charge in [0.05, 0.1) is 0 Å². The molecule has 0 aliphatic carbocycles. The van der Waals surface area contributed by atoms with E-state index in [1.807, 2.05) is 0 Å². The highest BCUT2D eigenvalue weighted by Crippen LogP contribution is 2.24. The maximum atomic E-state index is 13.1. The van der Waals surface area contributed by atoms with Crippen molar-refractivity contribution in [1.29, 1.82) is 0 Å². The normalized spacial score (nSPS) is 10.2. The molecule has 1 heterocycles. The molecule has 5 heteroatoms. The zero-order chi connectivity index (χ0) is 11.5. The largest absolute Gasteiger partial charge is 0.371 e. The molecule has 0 atom stereocenters. The molecule has 4 nitrogen and oxygen atoms in total. The molecule has 0 aliphatic heterocycles. The SMILES string of the molecule is CNc1ncnnc1-c1ccc(F)c(C)c1. The van der Waals surface area contributed by atoms with Crippen molar-refractivity contribution < 1.29 is 4.39 Å². The third kappa shape index (κ3) is 1.84. The van der Waals surface area contributed by atoms with E-state index in [1.165, 1.54) is 12.4 Å². The Bertz CT molecular complexity index is 513. The summed E-state index contributed by atoms with van der Waals surface area (Å²) in [4.78, 5) is 4.05. The Labute approximate surface area is 92.6 Å². The average molecular weight is 218 g/mol. The highest BCUT2D eigenvalue weighted by molar-refractivity contribution is 5.70. The van der Waals surface area contributed by atoms with Crippen LogP contribution in [0.3, 0.4) is 0 Å². The third-order valence-electron chi connectivity index (χ3n) is 2.29. The van der Waals surface area contributed by atoms with Crippen LogP contribution in [0.25, 0.3) is 11.3 Å². The maximum Gasteiger partial charge on any atom is 0.156 e. The molecule has 0 bridgehead atoms. The number of hydrogen-bond acceptors (Lipinski definition) is 4. The van der Waals surface area contributed by atoms with Crippen LogP contribution in [0.4, 0.5) is 10.2 Å². The number of aromatic nitrogens is 3. The molecule has 0 radical (unpaired) electrons. The first-order valence-electron chi connectivity index (χ1n) is 4.84. The lowest BCUT2D eigenvalue weighted by Gasteiger charge is -2.06. The minimum atomic E-state index is -0.230. The van der Waals surface area contributed by atoms with Gasteiger partial charge in [0, 0.05) is 12.6 Å². The van der Waals surface area contributed by atoms with Crippen molar-refractivity contribution in [1.82, 2.24) is 15.2 Å². The van der Waals surface area contributed by atoms with Crippen molar-refractivity contribution in [3.63, 3.8) is 0 Å². The maximum absolute atomic E-state index is 13.1. The van der Waals surface area contributed by atoms with Gasteiger partial charge in [-0.2, -0.15) is 0 Å². The minimum absolute atomic E-state index is 0.230. The van der Waals surface area contributed by atoms with Crippen molar-refractivity contribution >= 4 is 5.82 Å². The molecule has 0 spiro atoms. The summed E-state index contributed by atoms with van der Waals surface area (Å²) < 4.78 is 13.1. The summed E-state index contributed by atoms with van der Waals surface area (Å²) in [6.45, 7) is 1.71. The van der Waals surface area contributed by atoms with Crippen LogP contribution >= 0.6 is 0 Å². The second-order valence-electron chi connectivity index (χ2n) is 3.37. The number of rotatable bonds is 2. The van der Waals surface area contributed by atoms with Crippen LogP contribution in [0.15, 0.2) is 24.5 Å². The molecule has 2 aromatic rings. The van der Waals surface area contributed by atoms with E-state index in [0.717, 1.165) is 5.56 Å². The standard InChI is InChI=1S/C11H11FN4/c1-7-5-8(3-4-9(7)12)10-11(13-2)14-6-15-16-10/h3-6H,1-2H3,(H,13,14,15). The van der Waals surface area contributed by atoms with E-state index in [2.05, 4.69) is 20.5 Å². The van der Waals surface area contributed by atoms with Crippen molar-refractivity contribution in [2.24, 2.45) is 0 Å². The highest BCUT2D eigenvalue weighted by Gasteiger charge is 2.08. The molecule has 0 fully saturated rings. The van der Waals surface area contributed by atoms with Gasteiger partial charge in [0.1, 0.15) is 17.8 Å². The third-order valence-corrected chi connectivity index (χ3v) is 2.29. The number of benzene rings is 1. The topological polar surface area (TPSA) is 50.7 Å². The van der Waals surface area contributed by atoms with E-state index >= 15 is 0 Å². The molecule has 1 aromatic heterocycles. The molecule has 0 aliphatic rings. The lowest BCUT2D eigenvalue weighted by atomic mass is 10.1. The van der Waals surface area contributed by atoms with E-state index in [1.54, 1.807) is 26.1 Å². The molecular weight excluding hydrogens is 207 g/mol. The van der Waals surface area contributed by atoms with Crippen LogP contribution in [0, 0.1) is 12.7 Å². The fraction of sp³-hybridized carbons (Fsp3) is 0.182. The Hall–Kier alpha value is -2.04. The quantitative estimate of drug-likeness (QED) is 0.837. The number of anilines is 1. The Morgan fingerprint density at radius 3 is 2.81 bits per heavy atom. The smallest absolute Gasteiger partial charge is 0.156 e. The van der Waals surface area contributed by atoms with Crippen LogP contribution in [0.1, 0.15) is 5.56 Å². The van der Waals surface area contributed by atoms with E-state index in [9.17, 15) is 4.39 Å². The zero-order valence-electron chi connectivity index (χ0n) is 9.03. The summed E-state index contributed by atoms with van der Waals surface area (Å²) in [5, 5.41) is 10.6. The van der Waals surface area contributed by atoms with Gasteiger partial charge in [0.15, 0.2) is 5.82 Å². The highest BCUT2D eigenvalue weighted by atomic mass is 19.1. The van der Waals surface area contributed by atoms with Crippen molar-refractivity contribution in [3.8, 4) is 11.3 Å². The number of aryl methyl sites for hydroxylation is 1. The first-order chi connectivity index (χ1) is 7.72. The molecule has 2 rings (SSSR count). The van der Waals surface area contributed by atoms with Crippen LogP contribution < -0.4 is 5.32 Å². The van der Waals surface area contributed by atoms with Crippen LogP contribution in [-0.2, 0) is 0 Å². The second kappa shape index (κ2) is 4.22. The first kappa shape index (κ1) is 10.5. The van der Waals surface area contributed by atoms with Gasteiger partial charge in [-0.05, 0) is 30.7 Å². The first-order valence-corrected chi connectivity index (χ1v) is 4.84. The number of nitrogens with zero attached hydrogens (tertiary/aromatic N) is 3. The van der Waals surface area contributed by atoms with Gasteiger partial charge < -0.3 is 5.32 Å². The molecule has 1 aromatic carbocycles. The monoisotopic (exact) mass is 218 g/mol. The Morgan fingerprint density at radius 2 is 2.12 bits per heavy atom. The van der Waals surface area contributed by atoms with E-state index < -0.39 is 0 Å². The summed E-state index contributed by atoms with van der Waals surface area (Å²) in [5.74, 6) is 0.396. The summed E-state index contributed by atoms with van der Waals surface area (Å²) >= 11 is 0. The number of hydrogen-bond donors (Lipinski definition) is 1. The predicted octanol–water partition coefficient (Wildman–Crippen LogP) is 2.03. The molecule has 0 amide bonds. The van der Waals surface area contributed by atoms with Gasteiger partial charge in [0.25, 0.3) is 0 Å². The van der Waals surface area contributed by atoms with Gasteiger partial charge in [-0.3, -0.25) is 0 Å². The Morgan fingerprint density at radius 1 is 1.31 bits per heavy atom. The molecule has 0 unspecified atom stereocenters. The van der Waals surface area contributed by atoms with E-state index in [4.69, 9.17) is 0 Å². The lowest BCUT2D eigenvalue weighted by Crippen LogP contribution is -1.99. The Balaban J connectivity index is 2.54. The summed E-state index contributed by atoms with van der Waals surface area (Å²) in [5.41, 5.74) is 1.99. The van der Waals surface area contributed by atoms with Gasteiger partial charge in [0.2, 0.25) is 0 Å².